The predicted octanol–water partition coefficient (Wildman–Crippen LogP) is 1.49. The molecule has 3 N–H and O–H groups in total. The first kappa shape index (κ1) is 20.7. The molecule has 2 aromatic rings. The van der Waals surface area contributed by atoms with Gasteiger partial charge in [-0.2, -0.15) is 13.5 Å². The van der Waals surface area contributed by atoms with Crippen LogP contribution in [-0.2, 0) is 42.9 Å². The molecule has 0 atom stereocenters. The highest BCUT2D eigenvalue weighted by molar-refractivity contribution is 7.91. The molecule has 2 amide bonds. The lowest BCUT2D eigenvalue weighted by atomic mass is 9.99. The smallest absolute Gasteiger partial charge is 0.318 e. The number of anilines is 2. The molecule has 0 aliphatic heterocycles. The summed E-state index contributed by atoms with van der Waals surface area (Å²) in [6, 6.07) is 1.54. The van der Waals surface area contributed by atoms with Gasteiger partial charge in [-0.3, -0.25) is 4.68 Å². The van der Waals surface area contributed by atoms with Crippen LogP contribution in [0.3, 0.4) is 0 Å². The number of benzene rings is 1. The van der Waals surface area contributed by atoms with Crippen LogP contribution < -0.4 is 19.7 Å². The van der Waals surface area contributed by atoms with E-state index in [9.17, 15) is 13.2 Å². The zero-order valence-corrected chi connectivity index (χ0v) is 18.2. The monoisotopic (exact) mass is 432 g/mol. The van der Waals surface area contributed by atoms with E-state index in [0.717, 1.165) is 59.6 Å². The van der Waals surface area contributed by atoms with Crippen LogP contribution in [0.5, 0.6) is 0 Å². The second-order valence-electron chi connectivity index (χ2n) is 7.84. The Bertz CT molecular complexity index is 1030. The average molecular weight is 433 g/mol. The van der Waals surface area contributed by atoms with Gasteiger partial charge in [-0.1, -0.05) is 6.07 Å². The normalized spacial score (nSPS) is 15.0. The highest BCUT2D eigenvalue weighted by Gasteiger charge is 2.28. The van der Waals surface area contributed by atoms with Crippen LogP contribution in [0.2, 0.25) is 0 Å². The molecular weight excluding hydrogens is 404 g/mol. The second kappa shape index (κ2) is 8.27. The Labute approximate surface area is 177 Å². The zero-order valence-electron chi connectivity index (χ0n) is 17.4. The Morgan fingerprint density at radius 3 is 2.40 bits per heavy atom. The van der Waals surface area contributed by atoms with Crippen molar-refractivity contribution in [2.75, 3.05) is 29.8 Å². The molecule has 0 bridgehead atoms. The van der Waals surface area contributed by atoms with Crippen LogP contribution in [0.1, 0.15) is 35.1 Å². The van der Waals surface area contributed by atoms with Gasteiger partial charge in [0, 0.05) is 32.0 Å². The molecule has 0 saturated heterocycles. The lowest BCUT2D eigenvalue weighted by Crippen LogP contribution is -2.47. The van der Waals surface area contributed by atoms with E-state index in [1.165, 1.54) is 22.0 Å². The van der Waals surface area contributed by atoms with Crippen molar-refractivity contribution < 1.29 is 13.2 Å². The Morgan fingerprint density at radius 2 is 1.83 bits per heavy atom. The van der Waals surface area contributed by atoms with Crippen molar-refractivity contribution in [3.63, 3.8) is 0 Å². The van der Waals surface area contributed by atoms with E-state index in [4.69, 9.17) is 0 Å². The van der Waals surface area contributed by atoms with E-state index in [2.05, 4.69) is 26.5 Å². The molecule has 1 aromatic heterocycles. The van der Waals surface area contributed by atoms with Gasteiger partial charge in [-0.05, 0) is 67.8 Å². The summed E-state index contributed by atoms with van der Waals surface area (Å²) in [5.41, 5.74) is 6.08. The largest absolute Gasteiger partial charge is 0.334 e. The quantitative estimate of drug-likeness (QED) is 0.614. The number of nitrogens with one attached hydrogen (secondary N) is 3. The fraction of sp³-hybridized carbons (Fsp3) is 0.500. The molecule has 0 spiro atoms. The molecule has 1 heterocycles. The summed E-state index contributed by atoms with van der Waals surface area (Å²) in [6.07, 6.45) is 9.03. The standard InChI is InChI=1S/C20H28N6O3S/c1-21-9-10-26(16-12-22-25(2)13-16)30(28,29)24-20(27)23-19-17-7-3-5-14(17)11-15-6-4-8-18(15)19/h11-13,21H,3-10H2,1-2H3,(H2,23,24,27). The lowest BCUT2D eigenvalue weighted by molar-refractivity contribution is 0.256. The minimum atomic E-state index is -4.10. The molecule has 4 rings (SSSR count). The van der Waals surface area contributed by atoms with Crippen molar-refractivity contribution in [3.05, 3.63) is 40.7 Å². The van der Waals surface area contributed by atoms with Crippen molar-refractivity contribution in [2.45, 2.75) is 38.5 Å². The Morgan fingerprint density at radius 1 is 1.17 bits per heavy atom. The molecule has 0 saturated carbocycles. The number of carbonyl (C=O) groups excluding carboxylic acids is 1. The molecule has 2 aliphatic rings. The van der Waals surface area contributed by atoms with Gasteiger partial charge >= 0.3 is 16.2 Å². The van der Waals surface area contributed by atoms with E-state index in [0.29, 0.717) is 12.2 Å². The number of urea groups is 1. The van der Waals surface area contributed by atoms with Gasteiger partial charge in [-0.15, -0.1) is 0 Å². The first-order valence-corrected chi connectivity index (χ1v) is 11.7. The van der Waals surface area contributed by atoms with Gasteiger partial charge in [0.25, 0.3) is 0 Å². The van der Waals surface area contributed by atoms with Crippen molar-refractivity contribution in [1.82, 2.24) is 19.8 Å². The summed E-state index contributed by atoms with van der Waals surface area (Å²) in [6.45, 7) is 0.595. The van der Waals surface area contributed by atoms with Gasteiger partial charge < -0.3 is 10.6 Å². The Balaban J connectivity index is 1.56. The number of aryl methyl sites for hydroxylation is 3. The molecular formula is C20H28N6O3S. The number of amides is 2. The van der Waals surface area contributed by atoms with Crippen LogP contribution in [0, 0.1) is 0 Å². The van der Waals surface area contributed by atoms with Crippen molar-refractivity contribution in [1.29, 1.82) is 0 Å². The lowest BCUT2D eigenvalue weighted by Gasteiger charge is -2.23. The summed E-state index contributed by atoms with van der Waals surface area (Å²) >= 11 is 0. The van der Waals surface area contributed by atoms with Crippen LogP contribution >= 0.6 is 0 Å². The molecule has 10 heteroatoms. The van der Waals surface area contributed by atoms with E-state index in [1.54, 1.807) is 20.3 Å². The number of nitrogens with zero attached hydrogens (tertiary/aromatic N) is 3. The highest BCUT2D eigenvalue weighted by atomic mass is 32.2. The fourth-order valence-electron chi connectivity index (χ4n) is 4.42. The molecule has 1 aromatic carbocycles. The molecule has 30 heavy (non-hydrogen) atoms. The maximum atomic E-state index is 13.0. The summed E-state index contributed by atoms with van der Waals surface area (Å²) in [7, 11) is -0.652. The van der Waals surface area contributed by atoms with Gasteiger partial charge in [0.05, 0.1) is 11.9 Å². The van der Waals surface area contributed by atoms with Crippen molar-refractivity contribution in [2.24, 2.45) is 7.05 Å². The SMILES string of the molecule is CNCCN(c1cnn(C)c1)S(=O)(=O)NC(=O)Nc1c2c(cc3c1CCC3)CCC2. The molecule has 9 nitrogen and oxygen atoms in total. The summed E-state index contributed by atoms with van der Waals surface area (Å²) in [4.78, 5) is 12.8. The van der Waals surface area contributed by atoms with Crippen molar-refractivity contribution >= 4 is 27.6 Å². The minimum Gasteiger partial charge on any atom is -0.318 e. The predicted molar refractivity (Wildman–Crippen MR) is 116 cm³/mol. The molecule has 0 unspecified atom stereocenters. The Hall–Kier alpha value is -2.59. The van der Waals surface area contributed by atoms with Crippen LogP contribution in [0.25, 0.3) is 0 Å². The van der Waals surface area contributed by atoms with Crippen LogP contribution in [-0.4, -0.2) is 44.4 Å². The number of carbonyl (C=O) groups is 1. The van der Waals surface area contributed by atoms with Gasteiger partial charge in [0.15, 0.2) is 0 Å². The molecule has 0 fully saturated rings. The summed E-state index contributed by atoms with van der Waals surface area (Å²) < 4.78 is 30.9. The highest BCUT2D eigenvalue weighted by Crippen LogP contribution is 2.38. The summed E-state index contributed by atoms with van der Waals surface area (Å²) in [5.74, 6) is 0. The number of hydrogen-bond donors (Lipinski definition) is 3. The number of aromatic nitrogens is 2. The van der Waals surface area contributed by atoms with Gasteiger partial charge in [-0.25, -0.2) is 13.8 Å². The maximum Gasteiger partial charge on any atom is 0.334 e. The minimum absolute atomic E-state index is 0.168. The van der Waals surface area contributed by atoms with E-state index >= 15 is 0 Å². The first-order valence-electron chi connectivity index (χ1n) is 10.3. The molecule has 162 valence electrons. The topological polar surface area (TPSA) is 108 Å². The zero-order chi connectivity index (χ0) is 21.3. The fourth-order valence-corrected chi connectivity index (χ4v) is 5.52. The van der Waals surface area contributed by atoms with E-state index in [1.807, 2.05) is 0 Å². The third-order valence-electron chi connectivity index (χ3n) is 5.77. The number of fused-ring (bicyclic) bond motifs is 2. The number of hydrogen-bond acceptors (Lipinski definition) is 5. The number of likely N-dealkylation sites (N-methyl/N-ethyl adjacent to an activating group) is 1. The second-order valence-corrected chi connectivity index (χ2v) is 9.44. The third-order valence-corrected chi connectivity index (χ3v) is 7.18. The van der Waals surface area contributed by atoms with Gasteiger partial charge in [0.1, 0.15) is 0 Å². The third kappa shape index (κ3) is 4.01. The first-order chi connectivity index (χ1) is 14.4. The van der Waals surface area contributed by atoms with Crippen LogP contribution in [0.15, 0.2) is 18.5 Å². The van der Waals surface area contributed by atoms with Crippen LogP contribution in [0.4, 0.5) is 16.2 Å². The molecule has 0 radical (unpaired) electrons. The average Bonchev–Trinajstić information content (AvgIpc) is 3.42. The Kier molecular flexibility index (Phi) is 5.70. The van der Waals surface area contributed by atoms with E-state index < -0.39 is 16.2 Å². The van der Waals surface area contributed by atoms with E-state index in [-0.39, 0.29) is 6.54 Å². The van der Waals surface area contributed by atoms with Crippen molar-refractivity contribution in [3.8, 4) is 0 Å². The summed E-state index contributed by atoms with van der Waals surface area (Å²) in [5, 5.41) is 9.86. The number of rotatable bonds is 7. The van der Waals surface area contributed by atoms with Gasteiger partial charge in [0.2, 0.25) is 0 Å². The maximum absolute atomic E-state index is 13.0. The molecule has 2 aliphatic carbocycles.